The first kappa shape index (κ1) is 29.8. The standard InChI is InChI=1S/C27H19F5N2O5S2/c28-19-5-8-21(9-6-19)34(41(36,37)38)25-15-20(7-14-24(25)29)33-26(35)18-3-10-22(11-4-18)39-16-17-1-12-23(13-2-17)40-27(30,31)32/h1-15H,16H2,(H,33,35)(H,36,37,38). The van der Waals surface area contributed by atoms with Crippen LogP contribution in [0.4, 0.5) is 39.0 Å². The van der Waals surface area contributed by atoms with Gasteiger partial charge in [-0.15, -0.1) is 0 Å². The van der Waals surface area contributed by atoms with E-state index in [-0.39, 0.29) is 44.5 Å². The van der Waals surface area contributed by atoms with Gasteiger partial charge in [-0.25, -0.2) is 13.1 Å². The molecule has 0 aliphatic heterocycles. The molecule has 0 aromatic heterocycles. The molecular weight excluding hydrogens is 591 g/mol. The summed E-state index contributed by atoms with van der Waals surface area (Å²) in [6, 6.07) is 18.5. The SMILES string of the molecule is O=C(Nc1ccc(F)c(N(c2ccc(F)cc2)S(=O)(=O)O)c1)c1ccc(OCc2ccc(SC(F)(F)F)cc2)cc1. The Morgan fingerprint density at radius 2 is 1.54 bits per heavy atom. The number of nitrogens with one attached hydrogen (secondary N) is 1. The zero-order valence-electron chi connectivity index (χ0n) is 20.6. The molecule has 0 fully saturated rings. The third-order valence-corrected chi connectivity index (χ3v) is 7.00. The van der Waals surface area contributed by atoms with Crippen LogP contribution in [0.1, 0.15) is 15.9 Å². The Kier molecular flexibility index (Phi) is 8.85. The number of carbonyl (C=O) groups is 1. The first-order valence-corrected chi connectivity index (χ1v) is 13.7. The van der Waals surface area contributed by atoms with Crippen LogP contribution in [0.3, 0.4) is 0 Å². The molecule has 0 aliphatic rings. The van der Waals surface area contributed by atoms with Gasteiger partial charge in [0.05, 0.1) is 11.4 Å². The lowest BCUT2D eigenvalue weighted by atomic mass is 10.2. The lowest BCUT2D eigenvalue weighted by Crippen LogP contribution is -2.26. The molecule has 2 N–H and O–H groups in total. The average Bonchev–Trinajstić information content (AvgIpc) is 2.90. The summed E-state index contributed by atoms with van der Waals surface area (Å²) < 4.78 is 105. The van der Waals surface area contributed by atoms with Crippen LogP contribution in [0, 0.1) is 11.6 Å². The number of rotatable bonds is 9. The second-order valence-electron chi connectivity index (χ2n) is 8.34. The number of nitrogens with zero attached hydrogens (tertiary/aromatic N) is 1. The fourth-order valence-corrected chi connectivity index (χ4v) is 4.89. The van der Waals surface area contributed by atoms with E-state index in [1.807, 2.05) is 0 Å². The fourth-order valence-electron chi connectivity index (χ4n) is 3.58. The molecule has 214 valence electrons. The van der Waals surface area contributed by atoms with Gasteiger partial charge in [-0.1, -0.05) is 12.1 Å². The smallest absolute Gasteiger partial charge is 0.446 e. The zero-order chi connectivity index (χ0) is 29.8. The first-order chi connectivity index (χ1) is 19.3. The molecule has 14 heteroatoms. The van der Waals surface area contributed by atoms with Gasteiger partial charge in [-0.05, 0) is 96.2 Å². The Bertz CT molecular complexity index is 1630. The predicted molar refractivity (Wildman–Crippen MR) is 144 cm³/mol. The maximum atomic E-state index is 14.6. The molecular formula is C27H19F5N2O5S2. The van der Waals surface area contributed by atoms with Crippen LogP contribution in [-0.4, -0.2) is 24.4 Å². The highest BCUT2D eigenvalue weighted by molar-refractivity contribution is 8.00. The zero-order valence-corrected chi connectivity index (χ0v) is 22.2. The lowest BCUT2D eigenvalue weighted by Gasteiger charge is -2.22. The van der Waals surface area contributed by atoms with Gasteiger partial charge in [0.25, 0.3) is 5.91 Å². The van der Waals surface area contributed by atoms with Crippen molar-refractivity contribution >= 4 is 45.0 Å². The highest BCUT2D eigenvalue weighted by Gasteiger charge is 2.29. The first-order valence-electron chi connectivity index (χ1n) is 11.5. The van der Waals surface area contributed by atoms with E-state index >= 15 is 0 Å². The van der Waals surface area contributed by atoms with Gasteiger partial charge in [0, 0.05) is 16.1 Å². The molecule has 1 amide bonds. The Hall–Kier alpha value is -4.14. The minimum Gasteiger partial charge on any atom is -0.489 e. The number of halogens is 5. The van der Waals surface area contributed by atoms with E-state index in [1.54, 1.807) is 0 Å². The second kappa shape index (κ2) is 12.2. The van der Waals surface area contributed by atoms with E-state index in [0.29, 0.717) is 11.3 Å². The van der Waals surface area contributed by atoms with E-state index < -0.39 is 39.0 Å². The van der Waals surface area contributed by atoms with Gasteiger partial charge >= 0.3 is 15.8 Å². The largest absolute Gasteiger partial charge is 0.489 e. The summed E-state index contributed by atoms with van der Waals surface area (Å²) in [5, 5.41) is 2.50. The van der Waals surface area contributed by atoms with Gasteiger partial charge in [-0.2, -0.15) is 21.6 Å². The van der Waals surface area contributed by atoms with Gasteiger partial charge in [0.2, 0.25) is 0 Å². The molecule has 4 aromatic carbocycles. The van der Waals surface area contributed by atoms with E-state index in [2.05, 4.69) is 5.32 Å². The van der Waals surface area contributed by atoms with Crippen molar-refractivity contribution < 1.29 is 44.5 Å². The van der Waals surface area contributed by atoms with E-state index in [0.717, 1.165) is 36.4 Å². The van der Waals surface area contributed by atoms with Crippen molar-refractivity contribution in [3.8, 4) is 5.75 Å². The third kappa shape index (κ3) is 8.19. The number of hydrogen-bond acceptors (Lipinski definition) is 5. The molecule has 0 bridgehead atoms. The van der Waals surface area contributed by atoms with Crippen LogP contribution >= 0.6 is 11.8 Å². The predicted octanol–water partition coefficient (Wildman–Crippen LogP) is 7.35. The highest BCUT2D eigenvalue weighted by Crippen LogP contribution is 2.37. The number of thioether (sulfide) groups is 1. The summed E-state index contributed by atoms with van der Waals surface area (Å²) in [7, 11) is -5.05. The Labute approximate surface area is 235 Å². The molecule has 0 saturated carbocycles. The molecule has 4 aromatic rings. The number of alkyl halides is 3. The van der Waals surface area contributed by atoms with Crippen LogP contribution in [0.25, 0.3) is 0 Å². The number of hydrogen-bond donors (Lipinski definition) is 2. The van der Waals surface area contributed by atoms with Gasteiger partial charge < -0.3 is 10.1 Å². The summed E-state index contributed by atoms with van der Waals surface area (Å²) in [5.41, 5.74) is -4.45. The molecule has 41 heavy (non-hydrogen) atoms. The number of carbonyl (C=O) groups excluding carboxylic acids is 1. The summed E-state index contributed by atoms with van der Waals surface area (Å²) in [6.07, 6.45) is 0. The summed E-state index contributed by atoms with van der Waals surface area (Å²) in [4.78, 5) is 12.8. The number of amides is 1. The molecule has 4 rings (SSSR count). The third-order valence-electron chi connectivity index (χ3n) is 5.39. The van der Waals surface area contributed by atoms with Crippen molar-refractivity contribution in [2.24, 2.45) is 0 Å². The van der Waals surface area contributed by atoms with Crippen LogP contribution in [0.5, 0.6) is 5.75 Å². The quantitative estimate of drug-likeness (QED) is 0.117. The molecule has 0 saturated heterocycles. The molecule has 0 atom stereocenters. The monoisotopic (exact) mass is 610 g/mol. The Morgan fingerprint density at radius 1 is 0.902 bits per heavy atom. The molecule has 0 heterocycles. The van der Waals surface area contributed by atoms with Crippen molar-refractivity contribution in [2.45, 2.75) is 17.0 Å². The van der Waals surface area contributed by atoms with E-state index in [1.165, 1.54) is 54.6 Å². The van der Waals surface area contributed by atoms with Crippen molar-refractivity contribution in [1.82, 2.24) is 0 Å². The molecule has 7 nitrogen and oxygen atoms in total. The Morgan fingerprint density at radius 3 is 2.12 bits per heavy atom. The average molecular weight is 611 g/mol. The van der Waals surface area contributed by atoms with Crippen LogP contribution < -0.4 is 14.4 Å². The highest BCUT2D eigenvalue weighted by atomic mass is 32.2. The van der Waals surface area contributed by atoms with E-state index in [4.69, 9.17) is 4.74 Å². The fraction of sp³-hybridized carbons (Fsp3) is 0.0741. The summed E-state index contributed by atoms with van der Waals surface area (Å²) in [5.74, 6) is -1.98. The lowest BCUT2D eigenvalue weighted by molar-refractivity contribution is -0.0328. The summed E-state index contributed by atoms with van der Waals surface area (Å²) in [6.45, 7) is 0.0686. The van der Waals surface area contributed by atoms with E-state index in [9.17, 15) is 39.7 Å². The molecule has 0 spiro atoms. The minimum atomic E-state index is -5.05. The number of ether oxygens (including phenoxy) is 1. The van der Waals surface area contributed by atoms with Gasteiger partial charge in [0.1, 0.15) is 24.0 Å². The van der Waals surface area contributed by atoms with Crippen molar-refractivity contribution in [3.63, 3.8) is 0 Å². The van der Waals surface area contributed by atoms with Crippen LogP contribution in [-0.2, 0) is 16.9 Å². The Balaban J connectivity index is 1.43. The topological polar surface area (TPSA) is 95.9 Å². The normalized spacial score (nSPS) is 11.7. The number of anilines is 3. The maximum absolute atomic E-state index is 14.6. The molecule has 0 aliphatic carbocycles. The summed E-state index contributed by atoms with van der Waals surface area (Å²) >= 11 is -0.218. The second-order valence-corrected chi connectivity index (χ2v) is 10.7. The van der Waals surface area contributed by atoms with Gasteiger partial charge in [-0.3, -0.25) is 9.35 Å². The minimum absolute atomic E-state index is 0.00498. The number of benzene rings is 4. The van der Waals surface area contributed by atoms with Crippen molar-refractivity contribution in [3.05, 3.63) is 114 Å². The molecule has 0 radical (unpaired) electrons. The van der Waals surface area contributed by atoms with Gasteiger partial charge in [0.15, 0.2) is 0 Å². The van der Waals surface area contributed by atoms with Crippen molar-refractivity contribution in [2.75, 3.05) is 9.62 Å². The maximum Gasteiger partial charge on any atom is 0.446 e. The molecule has 0 unspecified atom stereocenters. The van der Waals surface area contributed by atoms with Crippen molar-refractivity contribution in [1.29, 1.82) is 0 Å². The van der Waals surface area contributed by atoms with Crippen LogP contribution in [0.2, 0.25) is 0 Å². The van der Waals surface area contributed by atoms with Crippen LogP contribution in [0.15, 0.2) is 95.9 Å².